The fraction of sp³-hybridized carbons (Fsp3) is 0.192. The second-order valence-electron chi connectivity index (χ2n) is 8.91. The lowest BCUT2D eigenvalue weighted by atomic mass is 9.77. The number of aliphatic carboxylic acids is 1. The van der Waals surface area contributed by atoms with E-state index in [1.165, 1.54) is 0 Å². The summed E-state index contributed by atoms with van der Waals surface area (Å²) in [6.45, 7) is 5.24. The minimum Gasteiger partial charge on any atom is -0.479 e. The Hall–Kier alpha value is -3.97. The SMILES string of the molecule is CC1=Cc2c([nH]c3cc4c(=O)c5cc(C)ccc5[nH]c4cc3c2=O)C=CC1(C)C(O)C(=O)O. The van der Waals surface area contributed by atoms with Gasteiger partial charge in [0.25, 0.3) is 0 Å². The van der Waals surface area contributed by atoms with Gasteiger partial charge in [-0.2, -0.15) is 0 Å². The van der Waals surface area contributed by atoms with E-state index in [0.29, 0.717) is 49.5 Å². The van der Waals surface area contributed by atoms with Gasteiger partial charge < -0.3 is 20.2 Å². The summed E-state index contributed by atoms with van der Waals surface area (Å²) in [6, 6.07) is 8.95. The third-order valence-electron chi connectivity index (χ3n) is 6.75. The molecule has 2 heterocycles. The molecule has 0 amide bonds. The van der Waals surface area contributed by atoms with Crippen LogP contribution in [0.1, 0.15) is 30.7 Å². The largest absolute Gasteiger partial charge is 0.479 e. The van der Waals surface area contributed by atoms with Crippen molar-refractivity contribution in [2.75, 3.05) is 0 Å². The Bertz CT molecular complexity index is 1690. The number of rotatable bonds is 2. The van der Waals surface area contributed by atoms with Gasteiger partial charge in [0.2, 0.25) is 0 Å². The predicted molar refractivity (Wildman–Crippen MR) is 129 cm³/mol. The highest BCUT2D eigenvalue weighted by atomic mass is 16.4. The van der Waals surface area contributed by atoms with E-state index in [1.807, 2.05) is 25.1 Å². The number of H-pyrrole nitrogens is 2. The number of aryl methyl sites for hydroxylation is 1. The number of carbonyl (C=O) groups is 1. The van der Waals surface area contributed by atoms with Crippen molar-refractivity contribution >= 4 is 50.8 Å². The minimum atomic E-state index is -1.67. The van der Waals surface area contributed by atoms with Crippen molar-refractivity contribution < 1.29 is 15.0 Å². The van der Waals surface area contributed by atoms with E-state index in [-0.39, 0.29) is 10.9 Å². The summed E-state index contributed by atoms with van der Waals surface area (Å²) in [4.78, 5) is 44.6. The van der Waals surface area contributed by atoms with Gasteiger partial charge in [0.15, 0.2) is 17.0 Å². The highest BCUT2D eigenvalue weighted by Crippen LogP contribution is 2.37. The van der Waals surface area contributed by atoms with Gasteiger partial charge in [-0.05, 0) is 57.2 Å². The molecule has 5 rings (SSSR count). The summed E-state index contributed by atoms with van der Waals surface area (Å²) in [7, 11) is 0. The number of hydrogen-bond donors (Lipinski definition) is 4. The number of nitrogens with one attached hydrogen (secondary N) is 2. The van der Waals surface area contributed by atoms with Gasteiger partial charge in [0, 0.05) is 38.3 Å². The van der Waals surface area contributed by atoms with Crippen molar-refractivity contribution in [3.8, 4) is 0 Å². The Morgan fingerprint density at radius 1 is 0.939 bits per heavy atom. The molecular weight excluding hydrogens is 420 g/mol. The molecule has 7 heteroatoms. The molecule has 2 unspecified atom stereocenters. The molecule has 0 saturated heterocycles. The maximum absolute atomic E-state index is 13.5. The number of aliphatic hydroxyl groups excluding tert-OH is 1. The molecule has 4 N–H and O–H groups in total. The lowest BCUT2D eigenvalue weighted by Crippen LogP contribution is -2.38. The molecule has 0 radical (unpaired) electrons. The summed E-state index contributed by atoms with van der Waals surface area (Å²) >= 11 is 0. The summed E-state index contributed by atoms with van der Waals surface area (Å²) in [5.41, 5.74) is 2.59. The van der Waals surface area contributed by atoms with Crippen molar-refractivity contribution in [1.82, 2.24) is 9.97 Å². The van der Waals surface area contributed by atoms with Gasteiger partial charge in [-0.3, -0.25) is 9.59 Å². The molecule has 0 spiro atoms. The summed E-state index contributed by atoms with van der Waals surface area (Å²) in [6.07, 6.45) is 3.17. The molecule has 1 aliphatic rings. The van der Waals surface area contributed by atoms with Gasteiger partial charge in [0.1, 0.15) is 0 Å². The molecule has 2 aromatic carbocycles. The average molecular weight is 442 g/mol. The molecule has 0 bridgehead atoms. The number of pyridine rings is 2. The Balaban J connectivity index is 1.82. The molecule has 2 aromatic heterocycles. The molecule has 166 valence electrons. The Labute approximate surface area is 187 Å². The van der Waals surface area contributed by atoms with Crippen LogP contribution in [0.25, 0.3) is 44.9 Å². The van der Waals surface area contributed by atoms with Crippen molar-refractivity contribution in [2.24, 2.45) is 5.41 Å². The van der Waals surface area contributed by atoms with E-state index >= 15 is 0 Å². The fourth-order valence-electron chi connectivity index (χ4n) is 4.51. The molecule has 0 aliphatic heterocycles. The topological polar surface area (TPSA) is 123 Å². The fourth-order valence-corrected chi connectivity index (χ4v) is 4.51. The number of aliphatic hydroxyl groups is 1. The second-order valence-corrected chi connectivity index (χ2v) is 8.91. The Morgan fingerprint density at radius 3 is 2.27 bits per heavy atom. The van der Waals surface area contributed by atoms with E-state index in [0.717, 1.165) is 5.56 Å². The zero-order valence-electron chi connectivity index (χ0n) is 18.3. The number of aromatic amines is 2. The zero-order chi connectivity index (χ0) is 23.7. The molecule has 2 atom stereocenters. The van der Waals surface area contributed by atoms with Crippen LogP contribution in [0.5, 0.6) is 0 Å². The number of fused-ring (bicyclic) bond motifs is 4. The van der Waals surface area contributed by atoms with Crippen LogP contribution in [0.3, 0.4) is 0 Å². The van der Waals surface area contributed by atoms with Crippen LogP contribution in [0, 0.1) is 12.3 Å². The molecule has 33 heavy (non-hydrogen) atoms. The van der Waals surface area contributed by atoms with Crippen molar-refractivity contribution in [3.05, 3.63) is 79.2 Å². The number of hydrogen-bond acceptors (Lipinski definition) is 4. The van der Waals surface area contributed by atoms with Crippen molar-refractivity contribution in [1.29, 1.82) is 0 Å². The van der Waals surface area contributed by atoms with Crippen LogP contribution in [0.2, 0.25) is 0 Å². The van der Waals surface area contributed by atoms with Crippen molar-refractivity contribution in [3.63, 3.8) is 0 Å². The first kappa shape index (κ1) is 20.9. The first-order valence-electron chi connectivity index (χ1n) is 10.6. The van der Waals surface area contributed by atoms with Crippen LogP contribution in [0.15, 0.2) is 51.6 Å². The number of carboxylic acid groups (broad SMARTS) is 1. The number of benzene rings is 2. The first-order chi connectivity index (χ1) is 15.6. The third-order valence-corrected chi connectivity index (χ3v) is 6.75. The van der Waals surface area contributed by atoms with Crippen LogP contribution >= 0.6 is 0 Å². The van der Waals surface area contributed by atoms with E-state index in [9.17, 15) is 24.6 Å². The van der Waals surface area contributed by atoms with Gasteiger partial charge >= 0.3 is 5.97 Å². The van der Waals surface area contributed by atoms with Crippen LogP contribution in [0.4, 0.5) is 0 Å². The second kappa shape index (κ2) is 7.02. The van der Waals surface area contributed by atoms with E-state index in [4.69, 9.17) is 0 Å². The van der Waals surface area contributed by atoms with Crippen LogP contribution in [-0.2, 0) is 4.79 Å². The summed E-state index contributed by atoms with van der Waals surface area (Å²) in [5.74, 6) is -1.34. The van der Waals surface area contributed by atoms with Gasteiger partial charge in [0.05, 0.1) is 11.0 Å². The first-order valence-corrected chi connectivity index (χ1v) is 10.6. The van der Waals surface area contributed by atoms with E-state index in [1.54, 1.807) is 44.2 Å². The summed E-state index contributed by atoms with van der Waals surface area (Å²) < 4.78 is 0. The molecule has 1 aliphatic carbocycles. The van der Waals surface area contributed by atoms with E-state index in [2.05, 4.69) is 9.97 Å². The number of aromatic nitrogens is 2. The Kier molecular flexibility index (Phi) is 4.44. The van der Waals surface area contributed by atoms with Gasteiger partial charge in [-0.15, -0.1) is 0 Å². The van der Waals surface area contributed by atoms with E-state index < -0.39 is 17.5 Å². The highest BCUT2D eigenvalue weighted by molar-refractivity contribution is 6.00. The summed E-state index contributed by atoms with van der Waals surface area (Å²) in [5, 5.41) is 21.1. The molecular formula is C26H22N2O5. The monoisotopic (exact) mass is 442 g/mol. The molecule has 7 nitrogen and oxygen atoms in total. The molecule has 0 saturated carbocycles. The Morgan fingerprint density at radius 2 is 1.58 bits per heavy atom. The average Bonchev–Trinajstić information content (AvgIpc) is 2.91. The lowest BCUT2D eigenvalue weighted by molar-refractivity contribution is -0.150. The van der Waals surface area contributed by atoms with Gasteiger partial charge in [-0.1, -0.05) is 23.3 Å². The quantitative estimate of drug-likeness (QED) is 0.353. The maximum Gasteiger partial charge on any atom is 0.333 e. The predicted octanol–water partition coefficient (Wildman–Crippen LogP) is 3.71. The lowest BCUT2D eigenvalue weighted by Gasteiger charge is -2.29. The highest BCUT2D eigenvalue weighted by Gasteiger charge is 2.38. The zero-order valence-corrected chi connectivity index (χ0v) is 18.3. The van der Waals surface area contributed by atoms with Crippen molar-refractivity contribution in [2.45, 2.75) is 26.9 Å². The third kappa shape index (κ3) is 3.04. The normalized spacial score (nSPS) is 18.8. The minimum absolute atomic E-state index is 0.122. The molecule has 4 aromatic rings. The molecule has 0 fully saturated rings. The standard InChI is InChI=1S/C26H22N2O5/c1-12-4-5-18-14(8-12)22(29)16-10-21-17(11-20(16)27-18)23(30)15-9-13(2)26(3,24(31)25(32)33)7-6-19(15)28-21/h4-11,24,31H,1-3H3,(H,27,29)(H,28,30)(H,32,33). The maximum atomic E-state index is 13.5. The number of carboxylic acids is 1. The smallest absolute Gasteiger partial charge is 0.333 e. The van der Waals surface area contributed by atoms with Gasteiger partial charge in [-0.25, -0.2) is 4.79 Å². The van der Waals surface area contributed by atoms with Crippen LogP contribution in [-0.4, -0.2) is 32.3 Å². The van der Waals surface area contributed by atoms with Crippen LogP contribution < -0.4 is 10.9 Å².